The summed E-state index contributed by atoms with van der Waals surface area (Å²) < 4.78 is 4.29. The maximum absolute atomic E-state index is 4.51. The maximum Gasteiger partial charge on any atom is 0.122 e. The van der Waals surface area contributed by atoms with Gasteiger partial charge in [0.1, 0.15) is 11.6 Å². The molecule has 7 heteroatoms. The number of benzene rings is 1. The molecule has 1 N–H and O–H groups in total. The molecule has 0 aliphatic carbocycles. The van der Waals surface area contributed by atoms with E-state index in [1.165, 1.54) is 11.1 Å². The van der Waals surface area contributed by atoms with E-state index in [1.807, 2.05) is 32.0 Å². The molecule has 0 unspecified atom stereocenters. The van der Waals surface area contributed by atoms with Crippen molar-refractivity contribution in [2.24, 2.45) is 7.05 Å². The van der Waals surface area contributed by atoms with Gasteiger partial charge in [-0.05, 0) is 24.1 Å². The van der Waals surface area contributed by atoms with E-state index in [9.17, 15) is 0 Å². The Morgan fingerprint density at radius 3 is 2.74 bits per heavy atom. The summed E-state index contributed by atoms with van der Waals surface area (Å²) in [4.78, 5) is 18.9. The molecule has 7 nitrogen and oxygen atoms in total. The Hall–Kier alpha value is -2.93. The lowest BCUT2D eigenvalue weighted by Crippen LogP contribution is -2.24. The van der Waals surface area contributed by atoms with Crippen molar-refractivity contribution in [2.75, 3.05) is 0 Å². The second-order valence-electron chi connectivity index (χ2n) is 6.90. The van der Waals surface area contributed by atoms with Crippen molar-refractivity contribution in [1.29, 1.82) is 0 Å². The lowest BCUT2D eigenvalue weighted by molar-refractivity contribution is 0.233. The van der Waals surface area contributed by atoms with Crippen molar-refractivity contribution in [3.63, 3.8) is 0 Å². The fourth-order valence-corrected chi connectivity index (χ4v) is 3.39. The van der Waals surface area contributed by atoms with Crippen LogP contribution in [0.2, 0.25) is 0 Å². The van der Waals surface area contributed by atoms with E-state index in [4.69, 9.17) is 0 Å². The number of aromatic nitrogens is 6. The van der Waals surface area contributed by atoms with E-state index in [2.05, 4.69) is 59.1 Å². The highest BCUT2D eigenvalue weighted by atomic mass is 15.2. The normalized spacial score (nSPS) is 11.7. The van der Waals surface area contributed by atoms with Gasteiger partial charge < -0.3 is 14.1 Å². The van der Waals surface area contributed by atoms with E-state index >= 15 is 0 Å². The summed E-state index contributed by atoms with van der Waals surface area (Å²) in [5.74, 6) is 2.00. The van der Waals surface area contributed by atoms with E-state index in [0.29, 0.717) is 0 Å². The Labute approximate surface area is 158 Å². The quantitative estimate of drug-likeness (QED) is 0.522. The van der Waals surface area contributed by atoms with Gasteiger partial charge in [0.05, 0.1) is 30.5 Å². The highest BCUT2D eigenvalue weighted by Gasteiger charge is 2.13. The number of nitrogens with one attached hydrogen (secondary N) is 1. The smallest absolute Gasteiger partial charge is 0.122 e. The number of aromatic amines is 1. The lowest BCUT2D eigenvalue weighted by Gasteiger charge is -2.21. The van der Waals surface area contributed by atoms with Crippen molar-refractivity contribution in [2.45, 2.75) is 39.5 Å². The van der Waals surface area contributed by atoms with E-state index in [0.717, 1.165) is 49.8 Å². The molecule has 3 aromatic heterocycles. The van der Waals surface area contributed by atoms with Crippen LogP contribution in [0.15, 0.2) is 49.3 Å². The van der Waals surface area contributed by atoms with Crippen LogP contribution in [0.1, 0.15) is 30.6 Å². The van der Waals surface area contributed by atoms with Gasteiger partial charge in [0.2, 0.25) is 0 Å². The molecule has 0 saturated carbocycles. The van der Waals surface area contributed by atoms with Crippen LogP contribution in [0.5, 0.6) is 0 Å². The number of fused-ring (bicyclic) bond motifs is 1. The van der Waals surface area contributed by atoms with Gasteiger partial charge in [-0.1, -0.05) is 13.0 Å². The van der Waals surface area contributed by atoms with Crippen LogP contribution >= 0.6 is 0 Å². The lowest BCUT2D eigenvalue weighted by atomic mass is 10.1. The zero-order valence-corrected chi connectivity index (χ0v) is 15.8. The van der Waals surface area contributed by atoms with E-state index in [-0.39, 0.29) is 0 Å². The SMILES string of the molecule is CCCn1cnc2ccc(CN(Cc3ncc[nH]3)Cc3nccn3C)cc21. The molecule has 0 atom stereocenters. The number of hydrogen-bond donors (Lipinski definition) is 1. The van der Waals surface area contributed by atoms with Crippen LogP contribution in [0.25, 0.3) is 11.0 Å². The summed E-state index contributed by atoms with van der Waals surface area (Å²) in [6.07, 6.45) is 10.5. The van der Waals surface area contributed by atoms with Gasteiger partial charge in [-0.15, -0.1) is 0 Å². The molecule has 0 aliphatic heterocycles. The average Bonchev–Trinajstić information content (AvgIpc) is 3.39. The zero-order chi connectivity index (χ0) is 18.6. The number of rotatable bonds is 8. The molecule has 27 heavy (non-hydrogen) atoms. The summed E-state index contributed by atoms with van der Waals surface area (Å²) in [6, 6.07) is 6.54. The monoisotopic (exact) mass is 363 g/mol. The molecule has 0 aliphatic rings. The summed E-state index contributed by atoms with van der Waals surface area (Å²) in [7, 11) is 2.03. The molecule has 0 fully saturated rings. The Kier molecular flexibility index (Phi) is 5.02. The first-order chi connectivity index (χ1) is 13.2. The summed E-state index contributed by atoms with van der Waals surface area (Å²) in [6.45, 7) is 5.50. The summed E-state index contributed by atoms with van der Waals surface area (Å²) >= 11 is 0. The Morgan fingerprint density at radius 1 is 1.07 bits per heavy atom. The highest BCUT2D eigenvalue weighted by molar-refractivity contribution is 5.76. The van der Waals surface area contributed by atoms with Crippen molar-refractivity contribution < 1.29 is 0 Å². The molecule has 140 valence electrons. The molecule has 0 radical (unpaired) electrons. The van der Waals surface area contributed by atoms with Crippen molar-refractivity contribution in [3.05, 3.63) is 66.5 Å². The predicted molar refractivity (Wildman–Crippen MR) is 105 cm³/mol. The summed E-state index contributed by atoms with van der Waals surface area (Å²) in [5, 5.41) is 0. The van der Waals surface area contributed by atoms with Crippen molar-refractivity contribution in [3.8, 4) is 0 Å². The first-order valence-electron chi connectivity index (χ1n) is 9.33. The fourth-order valence-electron chi connectivity index (χ4n) is 3.39. The largest absolute Gasteiger partial charge is 0.348 e. The van der Waals surface area contributed by atoms with Gasteiger partial charge in [-0.2, -0.15) is 0 Å². The molecule has 4 aromatic rings. The van der Waals surface area contributed by atoms with Crippen molar-refractivity contribution >= 4 is 11.0 Å². The van der Waals surface area contributed by atoms with E-state index in [1.54, 1.807) is 6.20 Å². The fraction of sp³-hybridized carbons (Fsp3) is 0.350. The van der Waals surface area contributed by atoms with Crippen LogP contribution in [0.3, 0.4) is 0 Å². The van der Waals surface area contributed by atoms with Gasteiger partial charge >= 0.3 is 0 Å². The molecule has 1 aromatic carbocycles. The molecular weight excluding hydrogens is 338 g/mol. The Bertz CT molecular complexity index is 997. The number of nitrogens with zero attached hydrogens (tertiary/aromatic N) is 6. The van der Waals surface area contributed by atoms with Gasteiger partial charge in [-0.25, -0.2) is 15.0 Å². The number of H-pyrrole nitrogens is 1. The highest BCUT2D eigenvalue weighted by Crippen LogP contribution is 2.18. The molecule has 4 rings (SSSR count). The molecule has 0 bridgehead atoms. The average molecular weight is 363 g/mol. The van der Waals surface area contributed by atoms with E-state index < -0.39 is 0 Å². The summed E-state index contributed by atoms with van der Waals surface area (Å²) in [5.41, 5.74) is 3.51. The first kappa shape index (κ1) is 17.5. The van der Waals surface area contributed by atoms with Crippen LogP contribution in [0, 0.1) is 0 Å². The van der Waals surface area contributed by atoms with Gasteiger partial charge in [-0.3, -0.25) is 4.90 Å². The first-order valence-corrected chi connectivity index (χ1v) is 9.33. The zero-order valence-electron chi connectivity index (χ0n) is 15.8. The minimum Gasteiger partial charge on any atom is -0.348 e. The third kappa shape index (κ3) is 3.93. The number of aryl methyl sites for hydroxylation is 2. The topological polar surface area (TPSA) is 67.6 Å². The predicted octanol–water partition coefficient (Wildman–Crippen LogP) is 3.11. The maximum atomic E-state index is 4.51. The van der Waals surface area contributed by atoms with Gasteiger partial charge in [0.15, 0.2) is 0 Å². The third-order valence-electron chi connectivity index (χ3n) is 4.77. The molecule has 0 spiro atoms. The van der Waals surface area contributed by atoms with Crippen LogP contribution in [-0.4, -0.2) is 34.0 Å². The number of hydrogen-bond acceptors (Lipinski definition) is 4. The van der Waals surface area contributed by atoms with Gasteiger partial charge in [0.25, 0.3) is 0 Å². The molecule has 0 amide bonds. The third-order valence-corrected chi connectivity index (χ3v) is 4.77. The van der Waals surface area contributed by atoms with Crippen LogP contribution < -0.4 is 0 Å². The minimum atomic E-state index is 0.742. The van der Waals surface area contributed by atoms with Crippen LogP contribution in [-0.2, 0) is 33.2 Å². The Balaban J connectivity index is 1.59. The second kappa shape index (κ2) is 7.75. The molecular formula is C20H25N7. The van der Waals surface area contributed by atoms with Crippen LogP contribution in [0.4, 0.5) is 0 Å². The molecule has 3 heterocycles. The standard InChI is InChI=1S/C20H25N7/c1-3-9-27-15-24-17-5-4-16(11-18(17)27)12-26(13-19-21-6-7-22-19)14-20-23-8-10-25(20)2/h4-8,10-11,15H,3,9,12-14H2,1-2H3,(H,21,22). The van der Waals surface area contributed by atoms with Gasteiger partial charge in [0, 0.05) is 44.9 Å². The second-order valence-corrected chi connectivity index (χ2v) is 6.90. The minimum absolute atomic E-state index is 0.742. The number of imidazole rings is 3. The van der Waals surface area contributed by atoms with Crippen molar-refractivity contribution in [1.82, 2.24) is 34.0 Å². The molecule has 0 saturated heterocycles. The Morgan fingerprint density at radius 2 is 2.00 bits per heavy atom.